The molecule has 0 saturated heterocycles. The normalized spacial score (nSPS) is 19.8. The van der Waals surface area contributed by atoms with E-state index < -0.39 is 0 Å². The van der Waals surface area contributed by atoms with Gasteiger partial charge in [-0.1, -0.05) is 0 Å². The Labute approximate surface area is 81.8 Å². The zero-order valence-electron chi connectivity index (χ0n) is 7.49. The summed E-state index contributed by atoms with van der Waals surface area (Å²) in [6, 6.07) is 0. The average Bonchev–Trinajstić information content (AvgIpc) is 2.56. The van der Waals surface area contributed by atoms with Gasteiger partial charge in [0, 0.05) is 23.2 Å². The maximum absolute atomic E-state index is 9.19. The van der Waals surface area contributed by atoms with Crippen molar-refractivity contribution < 1.29 is 5.11 Å². The molecule has 0 spiro atoms. The highest BCUT2D eigenvalue weighted by Gasteiger charge is 2.35. The molecule has 13 heavy (non-hydrogen) atoms. The number of aliphatic hydroxyl groups excluding tert-OH is 1. The lowest BCUT2D eigenvalue weighted by atomic mass is 9.77. The van der Waals surface area contributed by atoms with Gasteiger partial charge in [0.2, 0.25) is 0 Å². The predicted molar refractivity (Wildman–Crippen MR) is 52.6 cm³/mol. The number of aliphatic hydroxyl groups is 1. The summed E-state index contributed by atoms with van der Waals surface area (Å²) in [5, 5.41) is 12.6. The minimum absolute atomic E-state index is 0.0178. The summed E-state index contributed by atoms with van der Waals surface area (Å²) in [6.45, 7) is 1.09. The van der Waals surface area contributed by atoms with Crippen molar-refractivity contribution >= 4 is 11.3 Å². The molecule has 2 N–H and O–H groups in total. The topological polar surface area (TPSA) is 45.1 Å². The number of nitrogens with one attached hydrogen (secondary N) is 1. The van der Waals surface area contributed by atoms with Gasteiger partial charge in [0.05, 0.1) is 12.1 Å². The summed E-state index contributed by atoms with van der Waals surface area (Å²) < 4.78 is 0. The van der Waals surface area contributed by atoms with Gasteiger partial charge in [0.1, 0.15) is 0 Å². The Hall–Kier alpha value is -0.450. The average molecular weight is 198 g/mol. The molecule has 0 atom stereocenters. The van der Waals surface area contributed by atoms with Gasteiger partial charge in [-0.2, -0.15) is 0 Å². The van der Waals surface area contributed by atoms with Crippen LogP contribution in [0, 0.1) is 0 Å². The minimum Gasteiger partial charge on any atom is -0.394 e. The summed E-state index contributed by atoms with van der Waals surface area (Å²) >= 11 is 1.65. The van der Waals surface area contributed by atoms with Crippen molar-refractivity contribution in [3.8, 4) is 0 Å². The molecule has 0 amide bonds. The van der Waals surface area contributed by atoms with Gasteiger partial charge in [-0.05, 0) is 19.3 Å². The van der Waals surface area contributed by atoms with Crippen LogP contribution < -0.4 is 5.32 Å². The first-order valence-electron chi connectivity index (χ1n) is 4.58. The van der Waals surface area contributed by atoms with Crippen molar-refractivity contribution in [2.24, 2.45) is 0 Å². The van der Waals surface area contributed by atoms with Crippen molar-refractivity contribution in [3.63, 3.8) is 0 Å². The van der Waals surface area contributed by atoms with E-state index in [-0.39, 0.29) is 12.1 Å². The number of aromatic nitrogens is 1. The number of hydrogen-bond acceptors (Lipinski definition) is 4. The van der Waals surface area contributed by atoms with Crippen LogP contribution in [-0.2, 0) is 6.54 Å². The van der Waals surface area contributed by atoms with Gasteiger partial charge in [-0.25, -0.2) is 0 Å². The number of thiazole rings is 1. The highest BCUT2D eigenvalue weighted by molar-refractivity contribution is 7.09. The van der Waals surface area contributed by atoms with E-state index in [4.69, 9.17) is 0 Å². The van der Waals surface area contributed by atoms with Crippen LogP contribution in [0.5, 0.6) is 0 Å². The van der Waals surface area contributed by atoms with Crippen molar-refractivity contribution in [1.82, 2.24) is 10.3 Å². The molecule has 1 aliphatic rings. The molecule has 0 aliphatic heterocycles. The molecule has 4 heteroatoms. The zero-order valence-corrected chi connectivity index (χ0v) is 8.31. The number of rotatable bonds is 4. The van der Waals surface area contributed by atoms with E-state index in [0.717, 1.165) is 19.4 Å². The molecule has 2 rings (SSSR count). The van der Waals surface area contributed by atoms with Crippen LogP contribution in [0.2, 0.25) is 0 Å². The Morgan fingerprint density at radius 1 is 1.62 bits per heavy atom. The molecule has 1 heterocycles. The standard InChI is InChI=1S/C9H14N2OS/c12-6-9(2-1-3-9)11-5-8-4-10-7-13-8/h4,7,11-12H,1-3,5-6H2. The van der Waals surface area contributed by atoms with Crippen molar-refractivity contribution in [1.29, 1.82) is 0 Å². The Morgan fingerprint density at radius 2 is 2.46 bits per heavy atom. The zero-order chi connectivity index (χ0) is 9.15. The van der Waals surface area contributed by atoms with Crippen molar-refractivity contribution in [2.75, 3.05) is 6.61 Å². The van der Waals surface area contributed by atoms with E-state index >= 15 is 0 Å². The second-order valence-corrected chi connectivity index (χ2v) is 4.58. The maximum atomic E-state index is 9.19. The fraction of sp³-hybridized carbons (Fsp3) is 0.667. The fourth-order valence-electron chi connectivity index (χ4n) is 1.60. The number of hydrogen-bond donors (Lipinski definition) is 2. The van der Waals surface area contributed by atoms with Gasteiger partial charge < -0.3 is 10.4 Å². The van der Waals surface area contributed by atoms with Crippen LogP contribution in [-0.4, -0.2) is 22.2 Å². The molecule has 72 valence electrons. The van der Waals surface area contributed by atoms with Crippen LogP contribution in [0.25, 0.3) is 0 Å². The third-order valence-corrected chi connectivity index (χ3v) is 3.51. The van der Waals surface area contributed by atoms with Crippen LogP contribution in [0.1, 0.15) is 24.1 Å². The van der Waals surface area contributed by atoms with E-state index in [1.54, 1.807) is 11.3 Å². The van der Waals surface area contributed by atoms with E-state index in [1.165, 1.54) is 11.3 Å². The van der Waals surface area contributed by atoms with E-state index in [9.17, 15) is 5.11 Å². The van der Waals surface area contributed by atoms with Gasteiger partial charge in [0.25, 0.3) is 0 Å². The molecular formula is C9H14N2OS. The summed E-state index contributed by atoms with van der Waals surface area (Å²) in [6.07, 6.45) is 5.31. The molecule has 0 radical (unpaired) electrons. The third-order valence-electron chi connectivity index (χ3n) is 2.73. The van der Waals surface area contributed by atoms with Crippen molar-refractivity contribution in [3.05, 3.63) is 16.6 Å². The molecule has 0 unspecified atom stereocenters. The molecule has 1 saturated carbocycles. The second-order valence-electron chi connectivity index (χ2n) is 3.61. The highest BCUT2D eigenvalue weighted by atomic mass is 32.1. The lowest BCUT2D eigenvalue weighted by molar-refractivity contribution is 0.0875. The number of nitrogens with zero attached hydrogens (tertiary/aromatic N) is 1. The summed E-state index contributed by atoms with van der Waals surface area (Å²) in [7, 11) is 0. The molecular weight excluding hydrogens is 184 g/mol. The van der Waals surface area contributed by atoms with Gasteiger partial charge in [-0.15, -0.1) is 11.3 Å². The highest BCUT2D eigenvalue weighted by Crippen LogP contribution is 2.31. The van der Waals surface area contributed by atoms with E-state index in [0.29, 0.717) is 0 Å². The quantitative estimate of drug-likeness (QED) is 0.763. The van der Waals surface area contributed by atoms with Crippen LogP contribution in [0.4, 0.5) is 0 Å². The van der Waals surface area contributed by atoms with Crippen molar-refractivity contribution in [2.45, 2.75) is 31.3 Å². The first-order chi connectivity index (χ1) is 6.35. The first-order valence-corrected chi connectivity index (χ1v) is 5.46. The van der Waals surface area contributed by atoms with E-state index in [2.05, 4.69) is 10.3 Å². The van der Waals surface area contributed by atoms with Gasteiger partial charge >= 0.3 is 0 Å². The van der Waals surface area contributed by atoms with Crippen LogP contribution in [0.15, 0.2) is 11.7 Å². The van der Waals surface area contributed by atoms with Gasteiger partial charge in [0.15, 0.2) is 0 Å². The predicted octanol–water partition coefficient (Wildman–Crippen LogP) is 1.15. The second kappa shape index (κ2) is 3.74. The summed E-state index contributed by atoms with van der Waals surface area (Å²) in [4.78, 5) is 5.24. The van der Waals surface area contributed by atoms with Crippen LogP contribution in [0.3, 0.4) is 0 Å². The minimum atomic E-state index is 0.0178. The van der Waals surface area contributed by atoms with Gasteiger partial charge in [-0.3, -0.25) is 4.98 Å². The summed E-state index contributed by atoms with van der Waals surface area (Å²) in [5.74, 6) is 0. The molecule has 1 fully saturated rings. The first kappa shape index (κ1) is 9.12. The van der Waals surface area contributed by atoms with E-state index in [1.807, 2.05) is 11.7 Å². The Bertz CT molecular complexity index is 251. The Kier molecular flexibility index (Phi) is 2.62. The molecule has 1 aliphatic carbocycles. The lowest BCUT2D eigenvalue weighted by Gasteiger charge is -2.41. The maximum Gasteiger partial charge on any atom is 0.0794 e. The molecule has 3 nitrogen and oxygen atoms in total. The Balaban J connectivity index is 1.84. The monoisotopic (exact) mass is 198 g/mol. The largest absolute Gasteiger partial charge is 0.394 e. The SMILES string of the molecule is OCC1(NCc2cncs2)CCC1. The fourth-order valence-corrected chi connectivity index (χ4v) is 2.13. The molecule has 1 aromatic rings. The Morgan fingerprint density at radius 3 is 2.92 bits per heavy atom. The van der Waals surface area contributed by atoms with Crippen LogP contribution >= 0.6 is 11.3 Å². The molecule has 0 bridgehead atoms. The molecule has 1 aromatic heterocycles. The summed E-state index contributed by atoms with van der Waals surface area (Å²) in [5.41, 5.74) is 1.85. The lowest BCUT2D eigenvalue weighted by Crippen LogP contribution is -2.53. The molecule has 0 aromatic carbocycles. The smallest absolute Gasteiger partial charge is 0.0794 e. The third kappa shape index (κ3) is 1.90.